The van der Waals surface area contributed by atoms with Gasteiger partial charge in [0.25, 0.3) is 5.91 Å². The molecule has 0 aliphatic heterocycles. The van der Waals surface area contributed by atoms with E-state index in [9.17, 15) is 13.2 Å². The zero-order valence-corrected chi connectivity index (χ0v) is 17.8. The zero-order valence-electron chi connectivity index (χ0n) is 16.2. The summed E-state index contributed by atoms with van der Waals surface area (Å²) >= 11 is 5.81. The van der Waals surface area contributed by atoms with Crippen LogP contribution < -0.4 is 10.1 Å². The number of rotatable bonds is 9. The monoisotopic (exact) mass is 424 g/mol. The fourth-order valence-corrected chi connectivity index (χ4v) is 4.27. The van der Waals surface area contributed by atoms with Gasteiger partial charge in [0.15, 0.2) is 6.61 Å². The number of carbonyl (C=O) groups is 1. The molecule has 2 aromatic carbocycles. The molecule has 152 valence electrons. The van der Waals surface area contributed by atoms with E-state index in [2.05, 4.69) is 5.32 Å². The Bertz CT molecular complexity index is 879. The van der Waals surface area contributed by atoms with Gasteiger partial charge in [0, 0.05) is 18.1 Å². The number of hydrogen-bond donors (Lipinski definition) is 1. The van der Waals surface area contributed by atoms with Gasteiger partial charge in [-0.05, 0) is 48.9 Å². The molecule has 6 nitrogen and oxygen atoms in total. The summed E-state index contributed by atoms with van der Waals surface area (Å²) in [6.45, 7) is 6.15. The van der Waals surface area contributed by atoms with Crippen LogP contribution >= 0.6 is 11.6 Å². The fourth-order valence-electron chi connectivity index (χ4n) is 2.69. The number of nitrogens with one attached hydrogen (secondary N) is 1. The molecule has 0 saturated heterocycles. The maximum Gasteiger partial charge on any atom is 0.258 e. The van der Waals surface area contributed by atoms with E-state index in [-0.39, 0.29) is 23.5 Å². The second-order valence-electron chi connectivity index (χ2n) is 6.19. The number of carbonyl (C=O) groups excluding carboxylic acids is 1. The summed E-state index contributed by atoms with van der Waals surface area (Å²) in [6, 6.07) is 13.0. The van der Waals surface area contributed by atoms with Crippen molar-refractivity contribution in [3.8, 4) is 5.75 Å². The molecule has 0 heterocycles. The highest BCUT2D eigenvalue weighted by atomic mass is 35.5. The largest absolute Gasteiger partial charge is 0.484 e. The first-order valence-corrected chi connectivity index (χ1v) is 10.9. The Labute approximate surface area is 171 Å². The molecule has 0 bridgehead atoms. The lowest BCUT2D eigenvalue weighted by atomic mass is 10.1. The smallest absolute Gasteiger partial charge is 0.258 e. The molecule has 1 N–H and O–H groups in total. The molecule has 1 amide bonds. The molecule has 1 atom stereocenters. The maximum absolute atomic E-state index is 12.5. The molecule has 0 aromatic heterocycles. The van der Waals surface area contributed by atoms with E-state index in [0.717, 1.165) is 5.56 Å². The summed E-state index contributed by atoms with van der Waals surface area (Å²) in [6.07, 6.45) is 0. The molecule has 0 saturated carbocycles. The van der Waals surface area contributed by atoms with Crippen LogP contribution in [0, 0.1) is 0 Å². The number of sulfonamides is 1. The first kappa shape index (κ1) is 22.2. The normalized spacial score (nSPS) is 12.6. The van der Waals surface area contributed by atoms with E-state index in [4.69, 9.17) is 16.3 Å². The summed E-state index contributed by atoms with van der Waals surface area (Å²) < 4.78 is 31.9. The van der Waals surface area contributed by atoms with Gasteiger partial charge >= 0.3 is 0 Å². The van der Waals surface area contributed by atoms with Crippen LogP contribution in [0.4, 0.5) is 0 Å². The topological polar surface area (TPSA) is 75.7 Å². The van der Waals surface area contributed by atoms with Gasteiger partial charge in [-0.2, -0.15) is 4.31 Å². The molecular formula is C20H25ClN2O4S. The summed E-state index contributed by atoms with van der Waals surface area (Å²) in [5.41, 5.74) is 0.804. The van der Waals surface area contributed by atoms with E-state index in [1.807, 2.05) is 6.92 Å². The van der Waals surface area contributed by atoms with Crippen molar-refractivity contribution in [2.45, 2.75) is 31.7 Å². The number of nitrogens with zero attached hydrogens (tertiary/aromatic N) is 1. The third-order valence-electron chi connectivity index (χ3n) is 4.28. The molecule has 0 spiro atoms. The molecule has 0 aliphatic rings. The van der Waals surface area contributed by atoms with E-state index >= 15 is 0 Å². The summed E-state index contributed by atoms with van der Waals surface area (Å²) in [7, 11) is -3.49. The fraction of sp³-hybridized carbons (Fsp3) is 0.350. The van der Waals surface area contributed by atoms with Crippen LogP contribution in [-0.4, -0.2) is 38.3 Å². The number of halogens is 1. The Balaban J connectivity index is 1.95. The highest BCUT2D eigenvalue weighted by Gasteiger charge is 2.21. The summed E-state index contributed by atoms with van der Waals surface area (Å²) in [5, 5.41) is 3.43. The zero-order chi connectivity index (χ0) is 20.7. The van der Waals surface area contributed by atoms with Crippen molar-refractivity contribution < 1.29 is 17.9 Å². The Hall–Kier alpha value is -2.09. The van der Waals surface area contributed by atoms with E-state index in [1.54, 1.807) is 62.4 Å². The molecule has 8 heteroatoms. The third kappa shape index (κ3) is 5.70. The van der Waals surface area contributed by atoms with Gasteiger partial charge in [-0.1, -0.05) is 37.6 Å². The lowest BCUT2D eigenvalue weighted by Crippen LogP contribution is -2.31. The summed E-state index contributed by atoms with van der Waals surface area (Å²) in [4.78, 5) is 12.3. The second-order valence-corrected chi connectivity index (χ2v) is 8.56. The average Bonchev–Trinajstić information content (AvgIpc) is 2.68. The van der Waals surface area contributed by atoms with Crippen molar-refractivity contribution in [3.63, 3.8) is 0 Å². The van der Waals surface area contributed by atoms with Crippen molar-refractivity contribution in [1.29, 1.82) is 0 Å². The Kier molecular flexibility index (Phi) is 7.86. The lowest BCUT2D eigenvalue weighted by Gasteiger charge is -2.19. The number of ether oxygens (including phenoxy) is 1. The first-order valence-electron chi connectivity index (χ1n) is 9.05. The minimum Gasteiger partial charge on any atom is -0.484 e. The van der Waals surface area contributed by atoms with Crippen LogP contribution in [0.3, 0.4) is 0 Å². The van der Waals surface area contributed by atoms with Crippen molar-refractivity contribution in [2.75, 3.05) is 19.7 Å². The van der Waals surface area contributed by atoms with Crippen LogP contribution in [0.5, 0.6) is 5.75 Å². The highest BCUT2D eigenvalue weighted by molar-refractivity contribution is 7.89. The minimum absolute atomic E-state index is 0.125. The molecule has 2 aromatic rings. The van der Waals surface area contributed by atoms with Crippen molar-refractivity contribution >= 4 is 27.5 Å². The molecular weight excluding hydrogens is 400 g/mol. The molecule has 0 radical (unpaired) electrons. The van der Waals surface area contributed by atoms with E-state index in [1.165, 1.54) is 4.31 Å². The predicted octanol–water partition coefficient (Wildman–Crippen LogP) is 3.63. The van der Waals surface area contributed by atoms with Crippen LogP contribution in [-0.2, 0) is 14.8 Å². The lowest BCUT2D eigenvalue weighted by molar-refractivity contribution is -0.123. The van der Waals surface area contributed by atoms with Crippen LogP contribution in [0.2, 0.25) is 5.02 Å². The molecule has 2 rings (SSSR count). The van der Waals surface area contributed by atoms with Gasteiger partial charge < -0.3 is 10.1 Å². The van der Waals surface area contributed by atoms with Crippen LogP contribution in [0.15, 0.2) is 53.4 Å². The van der Waals surface area contributed by atoms with E-state index in [0.29, 0.717) is 23.9 Å². The number of amides is 1. The Morgan fingerprint density at radius 2 is 1.64 bits per heavy atom. The van der Waals surface area contributed by atoms with Gasteiger partial charge in [0.1, 0.15) is 5.75 Å². The third-order valence-corrected chi connectivity index (χ3v) is 6.60. The van der Waals surface area contributed by atoms with Gasteiger partial charge in [-0.15, -0.1) is 0 Å². The average molecular weight is 425 g/mol. The van der Waals surface area contributed by atoms with Gasteiger partial charge in [-0.3, -0.25) is 4.79 Å². The maximum atomic E-state index is 12.5. The van der Waals surface area contributed by atoms with Crippen molar-refractivity contribution in [3.05, 3.63) is 59.1 Å². The Morgan fingerprint density at radius 1 is 1.07 bits per heavy atom. The highest BCUT2D eigenvalue weighted by Crippen LogP contribution is 2.20. The minimum atomic E-state index is -3.49. The number of benzene rings is 2. The van der Waals surface area contributed by atoms with Crippen molar-refractivity contribution in [2.24, 2.45) is 0 Å². The SMILES string of the molecule is CCN(CC)S(=O)(=O)c1ccc([C@H](C)NC(=O)COc2ccc(Cl)cc2)cc1. The number of hydrogen-bond acceptors (Lipinski definition) is 4. The molecule has 0 unspecified atom stereocenters. The standard InChI is InChI=1S/C20H25ClN2O4S/c1-4-23(5-2)28(25,26)19-12-6-16(7-13-19)15(3)22-20(24)14-27-18-10-8-17(21)9-11-18/h6-13,15H,4-5,14H2,1-3H3,(H,22,24)/t15-/m0/s1. The van der Waals surface area contributed by atoms with Gasteiger partial charge in [0.2, 0.25) is 10.0 Å². The predicted molar refractivity (Wildman–Crippen MR) is 110 cm³/mol. The van der Waals surface area contributed by atoms with Gasteiger partial charge in [-0.25, -0.2) is 8.42 Å². The Morgan fingerprint density at radius 3 is 2.18 bits per heavy atom. The first-order chi connectivity index (χ1) is 13.3. The molecule has 28 heavy (non-hydrogen) atoms. The second kappa shape index (κ2) is 9.91. The van der Waals surface area contributed by atoms with Crippen molar-refractivity contribution in [1.82, 2.24) is 9.62 Å². The van der Waals surface area contributed by atoms with E-state index < -0.39 is 10.0 Å². The van der Waals surface area contributed by atoms with Crippen LogP contribution in [0.25, 0.3) is 0 Å². The van der Waals surface area contributed by atoms with Gasteiger partial charge in [0.05, 0.1) is 10.9 Å². The molecule has 0 aliphatic carbocycles. The quantitative estimate of drug-likeness (QED) is 0.667. The van der Waals surface area contributed by atoms with Crippen LogP contribution in [0.1, 0.15) is 32.4 Å². The molecule has 0 fully saturated rings. The summed E-state index contributed by atoms with van der Waals surface area (Å²) in [5.74, 6) is 0.278.